The van der Waals surface area contributed by atoms with Gasteiger partial charge in [0.05, 0.1) is 10.6 Å². The number of piperidine rings is 1. The number of hydrogen-bond donors (Lipinski definition) is 0. The maximum absolute atomic E-state index is 13.5. The topological polar surface area (TPSA) is 37.4 Å². The van der Waals surface area contributed by atoms with Gasteiger partial charge in [-0.25, -0.2) is 4.39 Å². The summed E-state index contributed by atoms with van der Waals surface area (Å²) in [6, 6.07) is 4.11. The molecule has 0 aromatic heterocycles. The second kappa shape index (κ2) is 6.35. The minimum absolute atomic E-state index is 0.0556. The van der Waals surface area contributed by atoms with Gasteiger partial charge in [0.1, 0.15) is 11.6 Å². The lowest BCUT2D eigenvalue weighted by Gasteiger charge is -2.35. The van der Waals surface area contributed by atoms with Gasteiger partial charge >= 0.3 is 0 Å². The van der Waals surface area contributed by atoms with Gasteiger partial charge in [-0.2, -0.15) is 0 Å². The van der Waals surface area contributed by atoms with Crippen LogP contribution < -0.4 is 0 Å². The number of carbonyl (C=O) groups excluding carboxylic acids is 2. The van der Waals surface area contributed by atoms with Crippen molar-refractivity contribution >= 4 is 23.3 Å². The molecule has 0 saturated carbocycles. The standard InChI is InChI=1S/C15H17ClFNO2/c1-10(19)9-11-5-2-3-8-18(11)15(20)12-6-4-7-13(17)14(12)16/h4,6-7,11H,2-3,5,8-9H2,1H3. The molecule has 0 bridgehead atoms. The minimum atomic E-state index is -0.599. The highest BCUT2D eigenvalue weighted by molar-refractivity contribution is 6.34. The third-order valence-corrected chi connectivity index (χ3v) is 3.98. The molecule has 0 radical (unpaired) electrons. The molecule has 1 aliphatic heterocycles. The van der Waals surface area contributed by atoms with Gasteiger partial charge in [0.15, 0.2) is 0 Å². The van der Waals surface area contributed by atoms with Crippen LogP contribution >= 0.6 is 11.6 Å². The first-order valence-corrected chi connectivity index (χ1v) is 7.13. The van der Waals surface area contributed by atoms with Crippen LogP contribution in [0.3, 0.4) is 0 Å². The molecule has 3 nitrogen and oxygen atoms in total. The Hall–Kier alpha value is -1.42. The summed E-state index contributed by atoms with van der Waals surface area (Å²) in [7, 11) is 0. The largest absolute Gasteiger partial charge is 0.335 e. The SMILES string of the molecule is CC(=O)CC1CCCCN1C(=O)c1cccc(F)c1Cl. The first-order valence-electron chi connectivity index (χ1n) is 6.75. The zero-order valence-electron chi connectivity index (χ0n) is 11.4. The molecule has 1 unspecified atom stereocenters. The van der Waals surface area contributed by atoms with Crippen molar-refractivity contribution in [2.75, 3.05) is 6.54 Å². The Bertz CT molecular complexity index is 533. The van der Waals surface area contributed by atoms with E-state index in [4.69, 9.17) is 11.6 Å². The van der Waals surface area contributed by atoms with Crippen LogP contribution in [0.4, 0.5) is 4.39 Å². The summed E-state index contributed by atoms with van der Waals surface area (Å²) in [5, 5.41) is -0.148. The fourth-order valence-corrected chi connectivity index (χ4v) is 2.84. The molecular formula is C15H17ClFNO2. The molecule has 108 valence electrons. The predicted octanol–water partition coefficient (Wildman–Crippen LogP) is 3.45. The fraction of sp³-hybridized carbons (Fsp3) is 0.467. The van der Waals surface area contributed by atoms with Crippen molar-refractivity contribution in [3.05, 3.63) is 34.6 Å². The summed E-state index contributed by atoms with van der Waals surface area (Å²) in [6.07, 6.45) is 3.04. The van der Waals surface area contributed by atoms with E-state index in [2.05, 4.69) is 0 Å². The third-order valence-electron chi connectivity index (χ3n) is 3.59. The van der Waals surface area contributed by atoms with Crippen molar-refractivity contribution < 1.29 is 14.0 Å². The first kappa shape index (κ1) is 15.0. The Labute approximate surface area is 122 Å². The molecule has 1 fully saturated rings. The Kier molecular flexibility index (Phi) is 4.76. The van der Waals surface area contributed by atoms with E-state index in [0.29, 0.717) is 13.0 Å². The van der Waals surface area contributed by atoms with E-state index in [0.717, 1.165) is 19.3 Å². The molecule has 1 heterocycles. The van der Waals surface area contributed by atoms with Crippen molar-refractivity contribution in [1.29, 1.82) is 0 Å². The maximum Gasteiger partial charge on any atom is 0.255 e. The van der Waals surface area contributed by atoms with Gasteiger partial charge in [-0.05, 0) is 38.3 Å². The molecule has 0 N–H and O–H groups in total. The molecule has 5 heteroatoms. The number of rotatable bonds is 3. The quantitative estimate of drug-likeness (QED) is 0.857. The van der Waals surface area contributed by atoms with Crippen LogP contribution in [-0.4, -0.2) is 29.2 Å². The van der Waals surface area contributed by atoms with Gasteiger partial charge < -0.3 is 4.90 Å². The van der Waals surface area contributed by atoms with Crippen LogP contribution in [0, 0.1) is 5.82 Å². The van der Waals surface area contributed by atoms with Crippen molar-refractivity contribution in [2.24, 2.45) is 0 Å². The summed E-state index contributed by atoms with van der Waals surface area (Å²) >= 11 is 5.87. The summed E-state index contributed by atoms with van der Waals surface area (Å²) in [5.74, 6) is -0.835. The number of amides is 1. The lowest BCUT2D eigenvalue weighted by Crippen LogP contribution is -2.44. The Morgan fingerprint density at radius 1 is 1.40 bits per heavy atom. The number of hydrogen-bond acceptors (Lipinski definition) is 2. The third kappa shape index (κ3) is 3.18. The van der Waals surface area contributed by atoms with E-state index in [-0.39, 0.29) is 28.3 Å². The van der Waals surface area contributed by atoms with Crippen LogP contribution in [0.2, 0.25) is 5.02 Å². The van der Waals surface area contributed by atoms with Crippen molar-refractivity contribution in [1.82, 2.24) is 4.90 Å². The summed E-state index contributed by atoms with van der Waals surface area (Å²) in [4.78, 5) is 25.5. The number of nitrogens with zero attached hydrogens (tertiary/aromatic N) is 1. The Morgan fingerprint density at radius 2 is 2.15 bits per heavy atom. The molecule has 1 aliphatic rings. The summed E-state index contributed by atoms with van der Waals surface area (Å²) < 4.78 is 13.5. The van der Waals surface area contributed by atoms with Crippen LogP contribution in [0.25, 0.3) is 0 Å². The predicted molar refractivity (Wildman–Crippen MR) is 75.4 cm³/mol. The van der Waals surface area contributed by atoms with Gasteiger partial charge in [-0.15, -0.1) is 0 Å². The van der Waals surface area contributed by atoms with Gasteiger partial charge in [0, 0.05) is 19.0 Å². The van der Waals surface area contributed by atoms with Gasteiger partial charge in [0.25, 0.3) is 5.91 Å². The highest BCUT2D eigenvalue weighted by atomic mass is 35.5. The number of ketones is 1. The number of halogens is 2. The van der Waals surface area contributed by atoms with E-state index < -0.39 is 5.82 Å². The average molecular weight is 298 g/mol. The van der Waals surface area contributed by atoms with Gasteiger partial charge in [-0.3, -0.25) is 9.59 Å². The second-order valence-corrected chi connectivity index (χ2v) is 5.53. The highest BCUT2D eigenvalue weighted by Crippen LogP contribution is 2.26. The number of Topliss-reactive ketones (excluding diaryl/α,β-unsaturated/α-hetero) is 1. The molecular weight excluding hydrogens is 281 g/mol. The second-order valence-electron chi connectivity index (χ2n) is 5.16. The van der Waals surface area contributed by atoms with Crippen molar-refractivity contribution in [3.8, 4) is 0 Å². The number of benzene rings is 1. The molecule has 0 spiro atoms. The van der Waals surface area contributed by atoms with Gasteiger partial charge in [-0.1, -0.05) is 17.7 Å². The molecule has 1 amide bonds. The fourth-order valence-electron chi connectivity index (χ4n) is 2.64. The molecule has 0 aliphatic carbocycles. The summed E-state index contributed by atoms with van der Waals surface area (Å²) in [6.45, 7) is 2.11. The molecule has 1 aromatic rings. The average Bonchev–Trinajstić information content (AvgIpc) is 2.41. The number of likely N-dealkylation sites (tertiary alicyclic amines) is 1. The van der Waals surface area contributed by atoms with Crippen molar-refractivity contribution in [2.45, 2.75) is 38.6 Å². The smallest absolute Gasteiger partial charge is 0.255 e. The highest BCUT2D eigenvalue weighted by Gasteiger charge is 2.29. The molecule has 1 saturated heterocycles. The zero-order chi connectivity index (χ0) is 14.7. The normalized spacial score (nSPS) is 18.9. The van der Waals surface area contributed by atoms with E-state index in [1.54, 1.807) is 4.90 Å². The zero-order valence-corrected chi connectivity index (χ0v) is 12.1. The van der Waals surface area contributed by atoms with Crippen LogP contribution in [0.15, 0.2) is 18.2 Å². The summed E-state index contributed by atoms with van der Waals surface area (Å²) in [5.41, 5.74) is 0.169. The lowest BCUT2D eigenvalue weighted by atomic mass is 9.97. The van der Waals surface area contributed by atoms with E-state index in [1.165, 1.54) is 25.1 Å². The molecule has 1 atom stereocenters. The van der Waals surface area contributed by atoms with E-state index in [1.807, 2.05) is 0 Å². The van der Waals surface area contributed by atoms with Gasteiger partial charge in [0.2, 0.25) is 0 Å². The monoisotopic (exact) mass is 297 g/mol. The maximum atomic E-state index is 13.5. The Morgan fingerprint density at radius 3 is 2.85 bits per heavy atom. The van der Waals surface area contributed by atoms with Crippen LogP contribution in [0.1, 0.15) is 43.0 Å². The van der Waals surface area contributed by atoms with E-state index in [9.17, 15) is 14.0 Å². The first-order chi connectivity index (χ1) is 9.50. The van der Waals surface area contributed by atoms with Crippen LogP contribution in [0.5, 0.6) is 0 Å². The van der Waals surface area contributed by atoms with Crippen LogP contribution in [-0.2, 0) is 4.79 Å². The molecule has 1 aromatic carbocycles. The molecule has 2 rings (SSSR count). The van der Waals surface area contributed by atoms with E-state index >= 15 is 0 Å². The lowest BCUT2D eigenvalue weighted by molar-refractivity contribution is -0.118. The van der Waals surface area contributed by atoms with Crippen molar-refractivity contribution in [3.63, 3.8) is 0 Å². The minimum Gasteiger partial charge on any atom is -0.335 e. The molecule has 20 heavy (non-hydrogen) atoms. The number of carbonyl (C=O) groups is 2. The Balaban J connectivity index is 2.25.